The zero-order valence-electron chi connectivity index (χ0n) is 17.1. The van der Waals surface area contributed by atoms with E-state index in [1.54, 1.807) is 14.2 Å². The van der Waals surface area contributed by atoms with E-state index in [9.17, 15) is 0 Å². The summed E-state index contributed by atoms with van der Waals surface area (Å²) in [5, 5.41) is 2.39. The second kappa shape index (κ2) is 9.51. The summed E-state index contributed by atoms with van der Waals surface area (Å²) in [4.78, 5) is 0. The second-order valence-electron chi connectivity index (χ2n) is 6.80. The minimum absolute atomic E-state index is 0.455. The molecule has 0 aliphatic heterocycles. The molecule has 0 spiro atoms. The van der Waals surface area contributed by atoms with Crippen molar-refractivity contribution >= 4 is 37.7 Å². The Labute approximate surface area is 184 Å². The Kier molecular flexibility index (Phi) is 6.57. The lowest BCUT2D eigenvalue weighted by atomic mass is 10.2. The number of para-hydroxylation sites is 2. The van der Waals surface area contributed by atoms with Gasteiger partial charge in [0.1, 0.15) is 24.7 Å². The summed E-state index contributed by atoms with van der Waals surface area (Å²) in [5.41, 5.74) is 3.14. The first-order chi connectivity index (χ1) is 14.7. The number of ether oxygens (including phenoxy) is 4. The molecule has 0 N–H and O–H groups in total. The Hall–Kier alpha value is -2.54. The smallest absolute Gasteiger partial charge is 0.144 e. The molecule has 0 unspecified atom stereocenters. The van der Waals surface area contributed by atoms with Gasteiger partial charge in [0, 0.05) is 37.1 Å². The number of aromatic nitrogens is 1. The quantitative estimate of drug-likeness (QED) is 0.299. The second-order valence-corrected chi connectivity index (χ2v) is 7.66. The molecule has 4 aromatic rings. The highest BCUT2D eigenvalue weighted by molar-refractivity contribution is 9.10. The van der Waals surface area contributed by atoms with Crippen molar-refractivity contribution in [3.05, 3.63) is 65.1 Å². The number of nitrogens with zero attached hydrogens (tertiary/aromatic N) is 1. The highest BCUT2D eigenvalue weighted by Crippen LogP contribution is 2.40. The Bertz CT molecular complexity index is 1100. The standard InChI is InChI=1S/C24H24BrNO4/c1-27-11-13-29-23-16-22(24(15-19(23)25)30-14-12-28-2)26-20-9-5-3-7-17(20)18-8-4-6-10-21(18)26/h3-10,15-16H,11-14H2,1-2H3. The molecule has 3 aromatic carbocycles. The zero-order valence-corrected chi connectivity index (χ0v) is 18.6. The summed E-state index contributed by atoms with van der Waals surface area (Å²) < 4.78 is 25.4. The Morgan fingerprint density at radius 1 is 0.700 bits per heavy atom. The van der Waals surface area contributed by atoms with Crippen molar-refractivity contribution in [3.8, 4) is 17.2 Å². The van der Waals surface area contributed by atoms with E-state index in [2.05, 4.69) is 69.0 Å². The first-order valence-electron chi connectivity index (χ1n) is 9.80. The average Bonchev–Trinajstić information content (AvgIpc) is 3.10. The zero-order chi connectivity index (χ0) is 20.9. The van der Waals surface area contributed by atoms with Gasteiger partial charge < -0.3 is 23.5 Å². The van der Waals surface area contributed by atoms with Crippen LogP contribution in [-0.2, 0) is 9.47 Å². The van der Waals surface area contributed by atoms with Crippen LogP contribution in [0.25, 0.3) is 27.5 Å². The molecule has 0 saturated carbocycles. The summed E-state index contributed by atoms with van der Waals surface area (Å²) in [7, 11) is 3.33. The predicted molar refractivity (Wildman–Crippen MR) is 123 cm³/mol. The number of methoxy groups -OCH3 is 2. The van der Waals surface area contributed by atoms with Gasteiger partial charge >= 0.3 is 0 Å². The lowest BCUT2D eigenvalue weighted by molar-refractivity contribution is 0.144. The van der Waals surface area contributed by atoms with Crippen molar-refractivity contribution in [1.29, 1.82) is 0 Å². The molecule has 0 radical (unpaired) electrons. The van der Waals surface area contributed by atoms with Gasteiger partial charge in [-0.15, -0.1) is 0 Å². The van der Waals surface area contributed by atoms with E-state index in [0.29, 0.717) is 26.4 Å². The van der Waals surface area contributed by atoms with Gasteiger partial charge in [-0.25, -0.2) is 0 Å². The van der Waals surface area contributed by atoms with Crippen LogP contribution in [0.15, 0.2) is 65.1 Å². The lowest BCUT2D eigenvalue weighted by Crippen LogP contribution is -2.09. The largest absolute Gasteiger partial charge is 0.490 e. The Morgan fingerprint density at radius 2 is 1.23 bits per heavy atom. The van der Waals surface area contributed by atoms with Crippen LogP contribution in [-0.4, -0.2) is 45.2 Å². The monoisotopic (exact) mass is 469 g/mol. The SMILES string of the molecule is COCCOc1cc(-n2c3ccccc3c3ccccc32)c(OCCOC)cc1Br. The topological polar surface area (TPSA) is 41.9 Å². The van der Waals surface area contributed by atoms with Crippen LogP contribution in [0.3, 0.4) is 0 Å². The molecule has 0 atom stereocenters. The van der Waals surface area contributed by atoms with Gasteiger partial charge in [-0.3, -0.25) is 0 Å². The molecule has 0 saturated heterocycles. The van der Waals surface area contributed by atoms with Gasteiger partial charge in [0.05, 0.1) is 34.4 Å². The molecular weight excluding hydrogens is 446 g/mol. The fraction of sp³-hybridized carbons (Fsp3) is 0.250. The highest BCUT2D eigenvalue weighted by Gasteiger charge is 2.18. The minimum Gasteiger partial charge on any atom is -0.490 e. The van der Waals surface area contributed by atoms with Gasteiger partial charge in [0.25, 0.3) is 0 Å². The van der Waals surface area contributed by atoms with E-state index in [1.165, 1.54) is 10.8 Å². The Morgan fingerprint density at radius 3 is 1.80 bits per heavy atom. The van der Waals surface area contributed by atoms with Crippen LogP contribution in [0.4, 0.5) is 0 Å². The van der Waals surface area contributed by atoms with E-state index < -0.39 is 0 Å². The van der Waals surface area contributed by atoms with Crippen molar-refractivity contribution in [2.24, 2.45) is 0 Å². The van der Waals surface area contributed by atoms with Crippen molar-refractivity contribution in [1.82, 2.24) is 4.57 Å². The number of fused-ring (bicyclic) bond motifs is 3. The average molecular weight is 470 g/mol. The molecule has 0 bridgehead atoms. The van der Waals surface area contributed by atoms with Gasteiger partial charge in [0.2, 0.25) is 0 Å². The third-order valence-electron chi connectivity index (χ3n) is 4.92. The summed E-state index contributed by atoms with van der Waals surface area (Å²) >= 11 is 3.62. The molecule has 0 aliphatic rings. The van der Waals surface area contributed by atoms with Crippen molar-refractivity contribution in [3.63, 3.8) is 0 Å². The number of hydrogen-bond acceptors (Lipinski definition) is 4. The summed E-state index contributed by atoms with van der Waals surface area (Å²) in [6.45, 7) is 1.95. The lowest BCUT2D eigenvalue weighted by Gasteiger charge is -2.17. The number of rotatable bonds is 9. The van der Waals surface area contributed by atoms with Crippen molar-refractivity contribution in [2.45, 2.75) is 0 Å². The maximum absolute atomic E-state index is 6.10. The van der Waals surface area contributed by atoms with Gasteiger partial charge in [0.15, 0.2) is 0 Å². The van der Waals surface area contributed by atoms with Crippen LogP contribution in [0.2, 0.25) is 0 Å². The molecular formula is C24H24BrNO4. The first-order valence-corrected chi connectivity index (χ1v) is 10.6. The number of halogens is 1. The van der Waals surface area contributed by atoms with Crippen LogP contribution in [0.1, 0.15) is 0 Å². The molecule has 4 rings (SSSR count). The van der Waals surface area contributed by atoms with E-state index >= 15 is 0 Å². The maximum Gasteiger partial charge on any atom is 0.144 e. The van der Waals surface area contributed by atoms with Gasteiger partial charge in [-0.2, -0.15) is 0 Å². The van der Waals surface area contributed by atoms with Crippen LogP contribution in [0.5, 0.6) is 11.5 Å². The summed E-state index contributed by atoms with van der Waals surface area (Å²) in [6, 6.07) is 20.8. The summed E-state index contributed by atoms with van der Waals surface area (Å²) in [6.07, 6.45) is 0. The van der Waals surface area contributed by atoms with Crippen molar-refractivity contribution in [2.75, 3.05) is 40.6 Å². The van der Waals surface area contributed by atoms with E-state index in [1.807, 2.05) is 12.1 Å². The van der Waals surface area contributed by atoms with Crippen LogP contribution < -0.4 is 9.47 Å². The van der Waals surface area contributed by atoms with E-state index in [0.717, 1.165) is 32.7 Å². The predicted octanol–water partition coefficient (Wildman–Crippen LogP) is 5.60. The molecule has 0 aliphatic carbocycles. The van der Waals surface area contributed by atoms with Crippen LogP contribution >= 0.6 is 15.9 Å². The molecule has 0 amide bonds. The molecule has 156 valence electrons. The Balaban J connectivity index is 1.92. The van der Waals surface area contributed by atoms with Gasteiger partial charge in [-0.05, 0) is 28.1 Å². The maximum atomic E-state index is 6.10. The number of hydrogen-bond donors (Lipinski definition) is 0. The fourth-order valence-electron chi connectivity index (χ4n) is 3.58. The summed E-state index contributed by atoms with van der Waals surface area (Å²) in [5.74, 6) is 1.49. The third-order valence-corrected chi connectivity index (χ3v) is 5.54. The molecule has 6 heteroatoms. The molecule has 5 nitrogen and oxygen atoms in total. The third kappa shape index (κ3) is 4.03. The van der Waals surface area contributed by atoms with E-state index in [4.69, 9.17) is 18.9 Å². The van der Waals surface area contributed by atoms with Crippen LogP contribution in [0, 0.1) is 0 Å². The normalized spacial score (nSPS) is 11.3. The molecule has 30 heavy (non-hydrogen) atoms. The van der Waals surface area contributed by atoms with Crippen molar-refractivity contribution < 1.29 is 18.9 Å². The van der Waals surface area contributed by atoms with Gasteiger partial charge in [-0.1, -0.05) is 36.4 Å². The molecule has 0 fully saturated rings. The minimum atomic E-state index is 0.455. The number of benzene rings is 3. The molecule has 1 heterocycles. The van der Waals surface area contributed by atoms with E-state index in [-0.39, 0.29) is 0 Å². The molecule has 1 aromatic heterocycles. The highest BCUT2D eigenvalue weighted by atomic mass is 79.9. The first kappa shape index (κ1) is 20.7. The fourth-order valence-corrected chi connectivity index (χ4v) is 4.01.